The maximum atomic E-state index is 12.6. The highest BCUT2D eigenvalue weighted by Crippen LogP contribution is 2.46. The van der Waals surface area contributed by atoms with E-state index in [1.165, 1.54) is 0 Å². The largest absolute Gasteiger partial charge is 0.462 e. The molecule has 0 amide bonds. The minimum Gasteiger partial charge on any atom is -0.462 e. The van der Waals surface area contributed by atoms with Crippen molar-refractivity contribution in [1.82, 2.24) is 0 Å². The third kappa shape index (κ3) is 5.33. The molecule has 1 aromatic rings. The van der Waals surface area contributed by atoms with Gasteiger partial charge in [0.05, 0.1) is 18.1 Å². The Kier molecular flexibility index (Phi) is 7.74. The van der Waals surface area contributed by atoms with Gasteiger partial charge in [0.15, 0.2) is 0 Å². The number of carbonyl (C=O) groups excluding carboxylic acids is 2. The fraction of sp³-hybridized carbons (Fsp3) is 0.500. The van der Waals surface area contributed by atoms with Crippen molar-refractivity contribution in [2.24, 2.45) is 17.8 Å². The fourth-order valence-corrected chi connectivity index (χ4v) is 4.97. The Morgan fingerprint density at radius 2 is 2.10 bits per heavy atom. The molecule has 1 saturated carbocycles. The predicted octanol–water partition coefficient (Wildman–Crippen LogP) is 4.24. The molecule has 160 valence electrons. The molecule has 5 nitrogen and oxygen atoms in total. The van der Waals surface area contributed by atoms with Crippen LogP contribution in [0.15, 0.2) is 40.9 Å². The maximum absolute atomic E-state index is 12.6. The number of fused-ring (bicyclic) bond motifs is 1. The number of benzene rings is 1. The number of carbonyl (C=O) groups is 2. The second-order valence-corrected chi connectivity index (χ2v) is 8.82. The Hall–Kier alpha value is -2.10. The minimum atomic E-state index is -0.898. The zero-order valence-electron chi connectivity index (χ0n) is 17.2. The van der Waals surface area contributed by atoms with Crippen molar-refractivity contribution in [2.75, 3.05) is 0 Å². The summed E-state index contributed by atoms with van der Waals surface area (Å²) in [4.78, 5) is 24.4. The summed E-state index contributed by atoms with van der Waals surface area (Å²) in [7, 11) is 0. The van der Waals surface area contributed by atoms with Crippen LogP contribution in [0.3, 0.4) is 0 Å². The third-order valence-corrected chi connectivity index (χ3v) is 6.37. The number of hydrogen-bond acceptors (Lipinski definition) is 5. The Morgan fingerprint density at radius 3 is 2.80 bits per heavy atom. The summed E-state index contributed by atoms with van der Waals surface area (Å²) in [5.74, 6) is 5.00. The van der Waals surface area contributed by atoms with E-state index < -0.39 is 24.1 Å². The number of rotatable bonds is 6. The number of aliphatic hydroxyl groups excluding tert-OH is 1. The summed E-state index contributed by atoms with van der Waals surface area (Å²) < 4.78 is 11.8. The molecule has 0 spiro atoms. The van der Waals surface area contributed by atoms with Crippen molar-refractivity contribution in [1.29, 1.82) is 0 Å². The van der Waals surface area contributed by atoms with Gasteiger partial charge in [-0.2, -0.15) is 0 Å². The van der Waals surface area contributed by atoms with Gasteiger partial charge >= 0.3 is 11.9 Å². The highest BCUT2D eigenvalue weighted by atomic mass is 79.9. The van der Waals surface area contributed by atoms with Crippen LogP contribution in [-0.4, -0.2) is 35.4 Å². The molecule has 1 heterocycles. The van der Waals surface area contributed by atoms with Gasteiger partial charge in [0.1, 0.15) is 12.2 Å². The maximum Gasteiger partial charge on any atom is 0.338 e. The molecular weight excluding hydrogens is 448 g/mol. The van der Waals surface area contributed by atoms with Crippen molar-refractivity contribution in [3.8, 4) is 11.8 Å². The van der Waals surface area contributed by atoms with Crippen LogP contribution in [0.1, 0.15) is 49.9 Å². The number of hydrogen-bond donors (Lipinski definition) is 1. The number of aliphatic hydroxyl groups is 1. The molecule has 2 aliphatic rings. The smallest absolute Gasteiger partial charge is 0.338 e. The summed E-state index contributed by atoms with van der Waals surface area (Å²) >= 11 is 3.51. The van der Waals surface area contributed by atoms with E-state index >= 15 is 0 Å². The van der Waals surface area contributed by atoms with Crippen molar-refractivity contribution in [3.63, 3.8) is 0 Å². The SMILES string of the molecule is CCC#CC[C@H](C)/C=C(\Br)[C@H](O)[C@H]1[C@H]2CC(=O)O[C@H]2C[C@H]1OC(=O)c1ccccc1. The summed E-state index contributed by atoms with van der Waals surface area (Å²) in [6.07, 6.45) is 2.30. The molecule has 0 unspecified atom stereocenters. The first kappa shape index (κ1) is 22.6. The summed E-state index contributed by atoms with van der Waals surface area (Å²) in [5.41, 5.74) is 0.456. The van der Waals surface area contributed by atoms with Crippen molar-refractivity contribution in [3.05, 3.63) is 46.5 Å². The molecule has 1 N–H and O–H groups in total. The summed E-state index contributed by atoms with van der Waals surface area (Å²) in [6.45, 7) is 4.04. The molecule has 1 aromatic carbocycles. The number of allylic oxidation sites excluding steroid dienone is 1. The van der Waals surface area contributed by atoms with Gasteiger partial charge in [0.25, 0.3) is 0 Å². The number of esters is 2. The average molecular weight is 475 g/mol. The van der Waals surface area contributed by atoms with Crippen LogP contribution in [-0.2, 0) is 14.3 Å². The highest BCUT2D eigenvalue weighted by molar-refractivity contribution is 9.11. The fourth-order valence-electron chi connectivity index (χ4n) is 4.21. The van der Waals surface area contributed by atoms with E-state index in [1.807, 2.05) is 26.0 Å². The average Bonchev–Trinajstić information content (AvgIpc) is 3.23. The molecule has 0 bridgehead atoms. The molecule has 6 heteroatoms. The Labute approximate surface area is 186 Å². The van der Waals surface area contributed by atoms with E-state index in [4.69, 9.17) is 9.47 Å². The van der Waals surface area contributed by atoms with Crippen LogP contribution in [0.2, 0.25) is 0 Å². The quantitative estimate of drug-likeness (QED) is 0.492. The third-order valence-electron chi connectivity index (χ3n) is 5.64. The van der Waals surface area contributed by atoms with Gasteiger partial charge in [0.2, 0.25) is 0 Å². The van der Waals surface area contributed by atoms with E-state index in [-0.39, 0.29) is 30.3 Å². The second kappa shape index (κ2) is 10.3. The molecule has 1 aliphatic carbocycles. The van der Waals surface area contributed by atoms with Gasteiger partial charge in [-0.25, -0.2) is 4.79 Å². The van der Waals surface area contributed by atoms with Gasteiger partial charge in [-0.15, -0.1) is 11.8 Å². The molecule has 30 heavy (non-hydrogen) atoms. The Balaban J connectivity index is 1.76. The molecule has 2 fully saturated rings. The standard InChI is InChI=1S/C24H27BrO5/c1-3-4-6-9-15(2)12-18(25)23(27)22-17-13-21(26)29-19(17)14-20(22)30-24(28)16-10-7-5-8-11-16/h5,7-8,10-12,15,17,19-20,22-23,27H,3,9,13-14H2,1-2H3/b18-12-/t15-,17-,19-,20+,22-,23-/m0/s1. The lowest BCUT2D eigenvalue weighted by Gasteiger charge is -2.28. The monoisotopic (exact) mass is 474 g/mol. The first-order valence-corrected chi connectivity index (χ1v) is 11.2. The zero-order valence-corrected chi connectivity index (χ0v) is 18.8. The molecule has 0 aromatic heterocycles. The number of ether oxygens (including phenoxy) is 2. The van der Waals surface area contributed by atoms with E-state index in [0.29, 0.717) is 22.9 Å². The summed E-state index contributed by atoms with van der Waals surface area (Å²) in [5, 5.41) is 11.1. The lowest BCUT2D eigenvalue weighted by atomic mass is 9.86. The molecular formula is C24H27BrO5. The van der Waals surface area contributed by atoms with Gasteiger partial charge in [-0.05, 0) is 18.1 Å². The normalized spacial score (nSPS) is 27.5. The van der Waals surface area contributed by atoms with Crippen molar-refractivity contribution in [2.45, 2.75) is 57.8 Å². The van der Waals surface area contributed by atoms with Crippen LogP contribution >= 0.6 is 15.9 Å². The van der Waals surface area contributed by atoms with Crippen LogP contribution in [0, 0.1) is 29.6 Å². The highest BCUT2D eigenvalue weighted by Gasteiger charge is 2.54. The second-order valence-electron chi connectivity index (χ2n) is 7.90. The molecule has 1 aliphatic heterocycles. The molecule has 0 radical (unpaired) electrons. The molecule has 3 rings (SSSR count). The van der Waals surface area contributed by atoms with Crippen LogP contribution < -0.4 is 0 Å². The van der Waals surface area contributed by atoms with Crippen molar-refractivity contribution < 1.29 is 24.2 Å². The van der Waals surface area contributed by atoms with Gasteiger partial charge in [-0.3, -0.25) is 4.79 Å². The van der Waals surface area contributed by atoms with E-state index in [2.05, 4.69) is 27.8 Å². The van der Waals surface area contributed by atoms with E-state index in [1.54, 1.807) is 24.3 Å². The van der Waals surface area contributed by atoms with E-state index in [0.717, 1.165) is 6.42 Å². The topological polar surface area (TPSA) is 72.8 Å². The minimum absolute atomic E-state index is 0.150. The Bertz CT molecular complexity index is 853. The number of halogens is 1. The van der Waals surface area contributed by atoms with E-state index in [9.17, 15) is 14.7 Å². The first-order chi connectivity index (χ1) is 14.4. The lowest BCUT2D eigenvalue weighted by Crippen LogP contribution is -2.35. The summed E-state index contributed by atoms with van der Waals surface area (Å²) in [6, 6.07) is 8.76. The van der Waals surface area contributed by atoms with Gasteiger partial charge in [-0.1, -0.05) is 54.1 Å². The van der Waals surface area contributed by atoms with Gasteiger partial charge in [0, 0.05) is 35.6 Å². The predicted molar refractivity (Wildman–Crippen MR) is 117 cm³/mol. The molecule has 1 saturated heterocycles. The van der Waals surface area contributed by atoms with Crippen LogP contribution in [0.5, 0.6) is 0 Å². The van der Waals surface area contributed by atoms with Gasteiger partial charge < -0.3 is 14.6 Å². The Morgan fingerprint density at radius 1 is 1.37 bits per heavy atom. The zero-order chi connectivity index (χ0) is 21.7. The molecule has 6 atom stereocenters. The van der Waals surface area contributed by atoms with Crippen LogP contribution in [0.4, 0.5) is 0 Å². The lowest BCUT2D eigenvalue weighted by molar-refractivity contribution is -0.141. The van der Waals surface area contributed by atoms with Crippen molar-refractivity contribution >= 4 is 27.9 Å². The van der Waals surface area contributed by atoms with Crippen LogP contribution in [0.25, 0.3) is 0 Å². The first-order valence-electron chi connectivity index (χ1n) is 10.4.